The highest BCUT2D eigenvalue weighted by molar-refractivity contribution is 5.81. The number of rotatable bonds is 3. The maximum absolute atomic E-state index is 13.2. The molecule has 1 N–H and O–H groups in total. The molecule has 0 spiro atoms. The molecule has 0 aromatic carbocycles. The van der Waals surface area contributed by atoms with Crippen molar-refractivity contribution in [2.24, 2.45) is 41.4 Å². The van der Waals surface area contributed by atoms with Crippen LogP contribution in [0, 0.1) is 48.3 Å². The Balaban J connectivity index is 1.30. The number of fused-ring (bicyclic) bond motifs is 5. The highest BCUT2D eigenvalue weighted by Gasteiger charge is 2.52. The number of hydrogen-bond acceptors (Lipinski definition) is 5. The standard InChI is InChI=1S/C23H36N4O2/c1-14-24-25-26-27(14)13-22(28)21-5-3-4-17-19-7-6-15-12-23(2,29)11-10-16(15)18(19)8-9-20(17)21/h15-21,29H,3-13H2,1-2H3/t15-,16-,17-,18+,19-,20-,21-,23+/m0/s1. The molecule has 0 radical (unpaired) electrons. The average Bonchev–Trinajstić information content (AvgIpc) is 3.10. The van der Waals surface area contributed by atoms with Crippen molar-refractivity contribution in [1.82, 2.24) is 20.2 Å². The fourth-order valence-corrected chi connectivity index (χ4v) is 8.00. The van der Waals surface area contributed by atoms with Crippen LogP contribution in [0.1, 0.15) is 77.0 Å². The number of nitrogens with zero attached hydrogens (tertiary/aromatic N) is 4. The topological polar surface area (TPSA) is 80.9 Å². The van der Waals surface area contributed by atoms with Crippen molar-refractivity contribution >= 4 is 5.78 Å². The van der Waals surface area contributed by atoms with E-state index in [4.69, 9.17) is 0 Å². The predicted molar refractivity (Wildman–Crippen MR) is 109 cm³/mol. The van der Waals surface area contributed by atoms with Gasteiger partial charge in [-0.05, 0) is 118 Å². The van der Waals surface area contributed by atoms with Crippen molar-refractivity contribution in [3.63, 3.8) is 0 Å². The first-order chi connectivity index (χ1) is 13.9. The summed E-state index contributed by atoms with van der Waals surface area (Å²) in [4.78, 5) is 13.2. The lowest BCUT2D eigenvalue weighted by atomic mass is 9.49. The molecule has 160 valence electrons. The third kappa shape index (κ3) is 3.55. The first-order valence-corrected chi connectivity index (χ1v) is 11.9. The average molecular weight is 401 g/mol. The van der Waals surface area contributed by atoms with Gasteiger partial charge in [0.1, 0.15) is 12.4 Å². The molecule has 5 rings (SSSR count). The van der Waals surface area contributed by atoms with Crippen molar-refractivity contribution in [1.29, 1.82) is 0 Å². The van der Waals surface area contributed by atoms with Gasteiger partial charge in [0.15, 0.2) is 5.78 Å². The molecule has 29 heavy (non-hydrogen) atoms. The van der Waals surface area contributed by atoms with Crippen LogP contribution < -0.4 is 0 Å². The molecular weight excluding hydrogens is 364 g/mol. The van der Waals surface area contributed by atoms with Crippen LogP contribution in [0.15, 0.2) is 0 Å². The van der Waals surface area contributed by atoms with E-state index < -0.39 is 5.60 Å². The molecule has 4 saturated carbocycles. The molecule has 4 aliphatic rings. The second-order valence-electron chi connectivity index (χ2n) is 10.9. The summed E-state index contributed by atoms with van der Waals surface area (Å²) in [5.41, 5.74) is -0.443. The van der Waals surface area contributed by atoms with Gasteiger partial charge in [0.05, 0.1) is 5.60 Å². The first kappa shape index (κ1) is 19.7. The SMILES string of the molecule is Cc1nnnn1CC(=O)[C@H]1CCC[C@H]2[C@@H]3CC[C@H]4C[C@](C)(O)CC[C@@H]4[C@H]3CC[C@@H]21. The summed E-state index contributed by atoms with van der Waals surface area (Å²) < 4.78 is 1.66. The molecule has 1 aromatic rings. The van der Waals surface area contributed by atoms with Crippen molar-refractivity contribution in [2.75, 3.05) is 0 Å². The highest BCUT2D eigenvalue weighted by Crippen LogP contribution is 2.59. The molecule has 4 fully saturated rings. The normalized spacial score (nSPS) is 44.4. The number of hydrogen-bond donors (Lipinski definition) is 1. The Hall–Kier alpha value is -1.30. The van der Waals surface area contributed by atoms with Crippen LogP contribution in [0.3, 0.4) is 0 Å². The first-order valence-electron chi connectivity index (χ1n) is 11.9. The molecule has 8 atom stereocenters. The van der Waals surface area contributed by atoms with E-state index in [1.54, 1.807) is 4.68 Å². The van der Waals surface area contributed by atoms with Crippen LogP contribution in [-0.2, 0) is 11.3 Å². The van der Waals surface area contributed by atoms with Gasteiger partial charge in [0, 0.05) is 5.92 Å². The molecule has 1 aromatic heterocycles. The minimum absolute atomic E-state index is 0.197. The van der Waals surface area contributed by atoms with Gasteiger partial charge in [-0.3, -0.25) is 4.79 Å². The Kier molecular flexibility index (Phi) is 5.04. The summed E-state index contributed by atoms with van der Waals surface area (Å²) in [7, 11) is 0. The van der Waals surface area contributed by atoms with Crippen molar-refractivity contribution < 1.29 is 9.90 Å². The van der Waals surface area contributed by atoms with E-state index in [0.29, 0.717) is 18.2 Å². The zero-order chi connectivity index (χ0) is 20.2. The number of carbonyl (C=O) groups excluding carboxylic acids is 1. The van der Waals surface area contributed by atoms with E-state index >= 15 is 0 Å². The summed E-state index contributed by atoms with van der Waals surface area (Å²) in [6, 6.07) is 0. The van der Waals surface area contributed by atoms with E-state index in [1.807, 2.05) is 13.8 Å². The van der Waals surface area contributed by atoms with Crippen molar-refractivity contribution in [3.8, 4) is 0 Å². The molecule has 0 unspecified atom stereocenters. The van der Waals surface area contributed by atoms with E-state index in [2.05, 4.69) is 15.5 Å². The summed E-state index contributed by atoms with van der Waals surface area (Å²) in [6.07, 6.45) is 11.8. The highest BCUT2D eigenvalue weighted by atomic mass is 16.3. The third-order valence-electron chi connectivity index (χ3n) is 9.23. The summed E-state index contributed by atoms with van der Waals surface area (Å²) in [5, 5.41) is 22.2. The third-order valence-corrected chi connectivity index (χ3v) is 9.23. The Morgan fingerprint density at radius 1 is 1.03 bits per heavy atom. The number of aromatic nitrogens is 4. The molecule has 0 amide bonds. The summed E-state index contributed by atoms with van der Waals surface area (Å²) in [6.45, 7) is 4.23. The van der Waals surface area contributed by atoms with Crippen LogP contribution in [0.5, 0.6) is 0 Å². The molecular formula is C23H36N4O2. The minimum atomic E-state index is -0.443. The molecule has 4 aliphatic carbocycles. The van der Waals surface area contributed by atoms with Gasteiger partial charge in [-0.2, -0.15) is 0 Å². The van der Waals surface area contributed by atoms with Gasteiger partial charge >= 0.3 is 0 Å². The monoisotopic (exact) mass is 400 g/mol. The fraction of sp³-hybridized carbons (Fsp3) is 0.913. The van der Waals surface area contributed by atoms with E-state index in [9.17, 15) is 9.90 Å². The second-order valence-corrected chi connectivity index (χ2v) is 10.9. The Morgan fingerprint density at radius 3 is 2.55 bits per heavy atom. The maximum Gasteiger partial charge on any atom is 0.157 e. The quantitative estimate of drug-likeness (QED) is 0.839. The number of tetrazole rings is 1. The van der Waals surface area contributed by atoms with Gasteiger partial charge in [0.2, 0.25) is 0 Å². The molecule has 6 heteroatoms. The number of aliphatic hydroxyl groups is 1. The van der Waals surface area contributed by atoms with Crippen LogP contribution in [0.25, 0.3) is 0 Å². The van der Waals surface area contributed by atoms with Crippen LogP contribution in [-0.4, -0.2) is 36.7 Å². The molecule has 1 heterocycles. The lowest BCUT2D eigenvalue weighted by molar-refractivity contribution is -0.134. The van der Waals surface area contributed by atoms with Gasteiger partial charge in [-0.25, -0.2) is 4.68 Å². The fourth-order valence-electron chi connectivity index (χ4n) is 8.00. The Morgan fingerprint density at radius 2 is 1.76 bits per heavy atom. The number of aryl methyl sites for hydroxylation is 1. The minimum Gasteiger partial charge on any atom is -0.390 e. The van der Waals surface area contributed by atoms with E-state index in [1.165, 1.54) is 44.9 Å². The molecule has 0 bridgehead atoms. The maximum atomic E-state index is 13.2. The van der Waals surface area contributed by atoms with E-state index in [-0.39, 0.29) is 5.92 Å². The Bertz CT molecular complexity index is 760. The number of carbonyl (C=O) groups is 1. The van der Waals surface area contributed by atoms with Gasteiger partial charge < -0.3 is 5.11 Å². The van der Waals surface area contributed by atoms with Crippen LogP contribution >= 0.6 is 0 Å². The van der Waals surface area contributed by atoms with Gasteiger partial charge in [0.25, 0.3) is 0 Å². The van der Waals surface area contributed by atoms with Gasteiger partial charge in [-0.15, -0.1) is 5.10 Å². The lowest BCUT2D eigenvalue weighted by Gasteiger charge is -2.56. The summed E-state index contributed by atoms with van der Waals surface area (Å²) in [5.74, 6) is 5.74. The zero-order valence-corrected chi connectivity index (χ0v) is 18.0. The zero-order valence-electron chi connectivity index (χ0n) is 18.0. The van der Waals surface area contributed by atoms with Crippen LogP contribution in [0.4, 0.5) is 0 Å². The number of Topliss-reactive ketones (excluding diaryl/α,β-unsaturated/α-hetero) is 1. The summed E-state index contributed by atoms with van der Waals surface area (Å²) >= 11 is 0. The number of ketones is 1. The van der Waals surface area contributed by atoms with Crippen LogP contribution in [0.2, 0.25) is 0 Å². The smallest absolute Gasteiger partial charge is 0.157 e. The molecule has 0 saturated heterocycles. The van der Waals surface area contributed by atoms with E-state index in [0.717, 1.165) is 54.7 Å². The predicted octanol–water partition coefficient (Wildman–Crippen LogP) is 3.57. The molecule has 6 nitrogen and oxygen atoms in total. The molecule has 0 aliphatic heterocycles. The second kappa shape index (κ2) is 7.44. The lowest BCUT2D eigenvalue weighted by Crippen LogP contribution is -2.51. The van der Waals surface area contributed by atoms with Gasteiger partial charge in [-0.1, -0.05) is 6.42 Å². The van der Waals surface area contributed by atoms with Crippen molar-refractivity contribution in [2.45, 2.75) is 90.2 Å². The Labute approximate surface area is 173 Å². The largest absolute Gasteiger partial charge is 0.390 e. The van der Waals surface area contributed by atoms with Crippen molar-refractivity contribution in [3.05, 3.63) is 5.82 Å².